The predicted octanol–water partition coefficient (Wildman–Crippen LogP) is 4.05. The topological polar surface area (TPSA) is 47.6 Å². The average molecular weight is 351 g/mol. The summed E-state index contributed by atoms with van der Waals surface area (Å²) in [5.41, 5.74) is 3.27. The minimum Gasteiger partial charge on any atom is -0.491 e. The van der Waals surface area contributed by atoms with Gasteiger partial charge in [-0.05, 0) is 67.5 Å². The number of carbonyl (C=O) groups is 1. The van der Waals surface area contributed by atoms with Gasteiger partial charge >= 0.3 is 0 Å². The molecule has 1 N–H and O–H groups in total. The van der Waals surface area contributed by atoms with Crippen molar-refractivity contribution >= 4 is 5.91 Å². The first-order valence-corrected chi connectivity index (χ1v) is 9.53. The lowest BCUT2D eigenvalue weighted by Gasteiger charge is -2.26. The molecule has 1 aliphatic carbocycles. The molecule has 2 aromatic rings. The summed E-state index contributed by atoms with van der Waals surface area (Å²) in [4.78, 5) is 12.6. The Balaban J connectivity index is 1.36. The largest absolute Gasteiger partial charge is 0.491 e. The van der Waals surface area contributed by atoms with Crippen LogP contribution in [0.3, 0.4) is 0 Å². The number of hydrogen-bond acceptors (Lipinski definition) is 3. The summed E-state index contributed by atoms with van der Waals surface area (Å²) in [6.07, 6.45) is 5.56. The highest BCUT2D eigenvalue weighted by atomic mass is 16.5. The lowest BCUT2D eigenvalue weighted by molar-refractivity contribution is 0.0679. The van der Waals surface area contributed by atoms with Crippen LogP contribution in [0.15, 0.2) is 48.5 Å². The second kappa shape index (κ2) is 7.92. The number of nitrogens with one attached hydrogen (secondary N) is 1. The molecule has 4 rings (SSSR count). The fourth-order valence-electron chi connectivity index (χ4n) is 3.81. The average Bonchev–Trinajstić information content (AvgIpc) is 3.21. The van der Waals surface area contributed by atoms with Crippen molar-refractivity contribution in [2.75, 3.05) is 13.2 Å². The summed E-state index contributed by atoms with van der Waals surface area (Å²) in [6.45, 7) is 1.40. The first-order valence-electron chi connectivity index (χ1n) is 9.53. The van der Waals surface area contributed by atoms with E-state index in [1.165, 1.54) is 11.1 Å². The molecular weight excluding hydrogens is 326 g/mol. The molecule has 1 fully saturated rings. The molecule has 0 saturated carbocycles. The van der Waals surface area contributed by atoms with Gasteiger partial charge in [-0.15, -0.1) is 0 Å². The number of benzene rings is 2. The SMILES string of the molecule is O=C(N[C@@H]1CCCc2ccccc21)c1ccc(OC[C@H]2CCCO2)cc1. The fourth-order valence-corrected chi connectivity index (χ4v) is 3.81. The highest BCUT2D eigenvalue weighted by molar-refractivity contribution is 5.94. The van der Waals surface area contributed by atoms with Crippen molar-refractivity contribution in [1.29, 1.82) is 0 Å². The van der Waals surface area contributed by atoms with E-state index in [1.807, 2.05) is 30.3 Å². The molecular formula is C22H25NO3. The van der Waals surface area contributed by atoms with Crippen LogP contribution in [0.1, 0.15) is 53.2 Å². The summed E-state index contributed by atoms with van der Waals surface area (Å²) in [5.74, 6) is 0.748. The second-order valence-corrected chi connectivity index (χ2v) is 7.09. The lowest BCUT2D eigenvalue weighted by atomic mass is 9.87. The van der Waals surface area contributed by atoms with E-state index in [9.17, 15) is 4.79 Å². The van der Waals surface area contributed by atoms with Crippen molar-refractivity contribution in [3.63, 3.8) is 0 Å². The van der Waals surface area contributed by atoms with Crippen LogP contribution >= 0.6 is 0 Å². The Morgan fingerprint density at radius 1 is 1.08 bits per heavy atom. The molecule has 1 aliphatic heterocycles. The Morgan fingerprint density at radius 2 is 1.92 bits per heavy atom. The van der Waals surface area contributed by atoms with Crippen LogP contribution < -0.4 is 10.1 Å². The van der Waals surface area contributed by atoms with E-state index in [2.05, 4.69) is 23.5 Å². The Bertz CT molecular complexity index is 750. The van der Waals surface area contributed by atoms with Crippen molar-refractivity contribution in [2.24, 2.45) is 0 Å². The van der Waals surface area contributed by atoms with Crippen LogP contribution in [0.4, 0.5) is 0 Å². The third-order valence-corrected chi connectivity index (χ3v) is 5.25. The van der Waals surface area contributed by atoms with Crippen LogP contribution in [0.25, 0.3) is 0 Å². The molecule has 4 heteroatoms. The number of rotatable bonds is 5. The highest BCUT2D eigenvalue weighted by Gasteiger charge is 2.22. The van der Waals surface area contributed by atoms with Gasteiger partial charge in [0.1, 0.15) is 12.4 Å². The summed E-state index contributed by atoms with van der Waals surface area (Å²) < 4.78 is 11.3. The van der Waals surface area contributed by atoms with Crippen molar-refractivity contribution in [3.8, 4) is 5.75 Å². The maximum absolute atomic E-state index is 12.6. The molecule has 2 atom stereocenters. The zero-order valence-electron chi connectivity index (χ0n) is 14.9. The number of aryl methyl sites for hydroxylation is 1. The molecule has 0 spiro atoms. The van der Waals surface area contributed by atoms with Crippen molar-refractivity contribution in [2.45, 2.75) is 44.2 Å². The van der Waals surface area contributed by atoms with E-state index in [0.29, 0.717) is 12.2 Å². The maximum atomic E-state index is 12.6. The van der Waals surface area contributed by atoms with Gasteiger partial charge in [0.25, 0.3) is 5.91 Å². The molecule has 2 aliphatic rings. The van der Waals surface area contributed by atoms with E-state index < -0.39 is 0 Å². The van der Waals surface area contributed by atoms with Crippen LogP contribution in [-0.4, -0.2) is 25.2 Å². The normalized spacial score (nSPS) is 21.8. The van der Waals surface area contributed by atoms with E-state index in [1.54, 1.807) is 0 Å². The summed E-state index contributed by atoms with van der Waals surface area (Å²) in [6, 6.07) is 15.9. The van der Waals surface area contributed by atoms with Crippen molar-refractivity contribution < 1.29 is 14.3 Å². The van der Waals surface area contributed by atoms with Gasteiger partial charge in [0.05, 0.1) is 12.1 Å². The Hall–Kier alpha value is -2.33. The lowest BCUT2D eigenvalue weighted by Crippen LogP contribution is -2.30. The standard InChI is InChI=1S/C22H25NO3/c24-22(23-21-9-3-6-16-5-1-2-8-20(16)21)17-10-12-18(13-11-17)26-15-19-7-4-14-25-19/h1-2,5,8,10-13,19,21H,3-4,6-7,9,14-15H2,(H,23,24)/t19-,21-/m1/s1. The van der Waals surface area contributed by atoms with E-state index in [0.717, 1.165) is 44.5 Å². The maximum Gasteiger partial charge on any atom is 0.251 e. The molecule has 26 heavy (non-hydrogen) atoms. The molecule has 136 valence electrons. The molecule has 0 radical (unpaired) electrons. The molecule has 1 saturated heterocycles. The molecule has 1 heterocycles. The highest BCUT2D eigenvalue weighted by Crippen LogP contribution is 2.29. The fraction of sp³-hybridized carbons (Fsp3) is 0.409. The van der Waals surface area contributed by atoms with E-state index in [-0.39, 0.29) is 18.1 Å². The quantitative estimate of drug-likeness (QED) is 0.884. The molecule has 2 aromatic carbocycles. The molecule has 1 amide bonds. The van der Waals surface area contributed by atoms with Crippen molar-refractivity contribution in [3.05, 3.63) is 65.2 Å². The van der Waals surface area contributed by atoms with Crippen LogP contribution in [0.2, 0.25) is 0 Å². The Morgan fingerprint density at radius 3 is 2.73 bits per heavy atom. The second-order valence-electron chi connectivity index (χ2n) is 7.09. The number of carbonyl (C=O) groups excluding carboxylic acids is 1. The monoisotopic (exact) mass is 351 g/mol. The van der Waals surface area contributed by atoms with Gasteiger partial charge in [-0.3, -0.25) is 4.79 Å². The van der Waals surface area contributed by atoms with E-state index in [4.69, 9.17) is 9.47 Å². The van der Waals surface area contributed by atoms with Gasteiger partial charge in [-0.2, -0.15) is 0 Å². The molecule has 0 aromatic heterocycles. The van der Waals surface area contributed by atoms with Gasteiger partial charge in [-0.1, -0.05) is 24.3 Å². The zero-order chi connectivity index (χ0) is 17.8. The van der Waals surface area contributed by atoms with Crippen LogP contribution in [-0.2, 0) is 11.2 Å². The first kappa shape index (κ1) is 17.1. The Kier molecular flexibility index (Phi) is 5.21. The first-order chi connectivity index (χ1) is 12.8. The van der Waals surface area contributed by atoms with Gasteiger partial charge in [-0.25, -0.2) is 0 Å². The number of ether oxygens (including phenoxy) is 2. The summed E-state index contributed by atoms with van der Waals surface area (Å²) in [7, 11) is 0. The summed E-state index contributed by atoms with van der Waals surface area (Å²) >= 11 is 0. The molecule has 4 nitrogen and oxygen atoms in total. The van der Waals surface area contributed by atoms with Gasteiger partial charge in [0.15, 0.2) is 0 Å². The third kappa shape index (κ3) is 3.91. The third-order valence-electron chi connectivity index (χ3n) is 5.25. The van der Waals surface area contributed by atoms with Crippen LogP contribution in [0.5, 0.6) is 5.75 Å². The predicted molar refractivity (Wildman–Crippen MR) is 100 cm³/mol. The number of fused-ring (bicyclic) bond motifs is 1. The minimum absolute atomic E-state index is 0.0302. The number of amides is 1. The van der Waals surface area contributed by atoms with Gasteiger partial charge < -0.3 is 14.8 Å². The van der Waals surface area contributed by atoms with Gasteiger partial charge in [0.2, 0.25) is 0 Å². The minimum atomic E-state index is -0.0302. The Labute approximate surface area is 154 Å². The molecule has 0 unspecified atom stereocenters. The van der Waals surface area contributed by atoms with Gasteiger partial charge in [0, 0.05) is 12.2 Å². The van der Waals surface area contributed by atoms with Crippen LogP contribution in [0, 0.1) is 0 Å². The van der Waals surface area contributed by atoms with Crippen molar-refractivity contribution in [1.82, 2.24) is 5.32 Å². The van der Waals surface area contributed by atoms with E-state index >= 15 is 0 Å². The number of hydrogen-bond donors (Lipinski definition) is 1. The zero-order valence-corrected chi connectivity index (χ0v) is 14.9. The molecule has 0 bridgehead atoms. The summed E-state index contributed by atoms with van der Waals surface area (Å²) in [5, 5.41) is 3.19. The smallest absolute Gasteiger partial charge is 0.251 e.